The van der Waals surface area contributed by atoms with Gasteiger partial charge in [0, 0.05) is 18.6 Å². The third kappa shape index (κ3) is 1.68. The van der Waals surface area contributed by atoms with E-state index in [1.165, 1.54) is 6.42 Å². The lowest BCUT2D eigenvalue weighted by Crippen LogP contribution is -2.46. The summed E-state index contributed by atoms with van der Waals surface area (Å²) in [5.41, 5.74) is 5.69. The van der Waals surface area contributed by atoms with Crippen molar-refractivity contribution in [3.05, 3.63) is 0 Å². The molecular formula is C7H17N3. The molecule has 1 aliphatic heterocycles. The van der Waals surface area contributed by atoms with Gasteiger partial charge in [-0.25, -0.2) is 0 Å². The summed E-state index contributed by atoms with van der Waals surface area (Å²) in [6.45, 7) is 5.26. The monoisotopic (exact) mass is 143 g/mol. The summed E-state index contributed by atoms with van der Waals surface area (Å²) in [5, 5.41) is 6.72. The fourth-order valence-electron chi connectivity index (χ4n) is 1.24. The Morgan fingerprint density at radius 1 is 1.70 bits per heavy atom. The molecule has 60 valence electrons. The molecule has 1 aliphatic rings. The predicted molar refractivity (Wildman–Crippen MR) is 42.7 cm³/mol. The Hall–Kier alpha value is -0.120. The molecule has 1 rings (SSSR count). The van der Waals surface area contributed by atoms with Gasteiger partial charge in [-0.3, -0.25) is 10.6 Å². The van der Waals surface area contributed by atoms with E-state index in [-0.39, 0.29) is 6.04 Å². The zero-order valence-corrected chi connectivity index (χ0v) is 6.72. The molecule has 0 radical (unpaired) electrons. The van der Waals surface area contributed by atoms with Crippen LogP contribution in [0, 0.1) is 0 Å². The van der Waals surface area contributed by atoms with Crippen LogP contribution in [-0.4, -0.2) is 24.8 Å². The SMILES string of the molecule is CCC1CNC(C(C)N)N1. The van der Waals surface area contributed by atoms with Crippen molar-refractivity contribution in [2.75, 3.05) is 6.54 Å². The molecule has 3 unspecified atom stereocenters. The molecule has 0 amide bonds. The van der Waals surface area contributed by atoms with E-state index in [1.54, 1.807) is 0 Å². The van der Waals surface area contributed by atoms with Gasteiger partial charge in [0.2, 0.25) is 0 Å². The molecule has 0 aromatic rings. The molecule has 1 heterocycles. The van der Waals surface area contributed by atoms with Crippen molar-refractivity contribution < 1.29 is 0 Å². The number of nitrogens with one attached hydrogen (secondary N) is 2. The molecule has 0 bridgehead atoms. The van der Waals surface area contributed by atoms with E-state index in [0.717, 1.165) is 6.54 Å². The van der Waals surface area contributed by atoms with E-state index in [1.807, 2.05) is 6.92 Å². The maximum absolute atomic E-state index is 5.69. The first-order valence-corrected chi connectivity index (χ1v) is 3.99. The van der Waals surface area contributed by atoms with E-state index in [9.17, 15) is 0 Å². The zero-order chi connectivity index (χ0) is 7.56. The second kappa shape index (κ2) is 3.32. The predicted octanol–water partition coefficient (Wildman–Crippen LogP) is -0.369. The summed E-state index contributed by atoms with van der Waals surface area (Å²) < 4.78 is 0. The number of hydrogen-bond donors (Lipinski definition) is 3. The average molecular weight is 143 g/mol. The number of nitrogens with two attached hydrogens (primary N) is 1. The van der Waals surface area contributed by atoms with Gasteiger partial charge in [-0.1, -0.05) is 6.92 Å². The maximum Gasteiger partial charge on any atom is 0.0728 e. The third-order valence-corrected chi connectivity index (χ3v) is 2.02. The van der Waals surface area contributed by atoms with Crippen LogP contribution < -0.4 is 16.4 Å². The summed E-state index contributed by atoms with van der Waals surface area (Å²) in [5.74, 6) is 0. The second-order valence-corrected chi connectivity index (χ2v) is 3.02. The van der Waals surface area contributed by atoms with Crippen molar-refractivity contribution in [2.24, 2.45) is 5.73 Å². The molecule has 1 saturated heterocycles. The molecule has 0 saturated carbocycles. The third-order valence-electron chi connectivity index (χ3n) is 2.02. The highest BCUT2D eigenvalue weighted by molar-refractivity contribution is 4.86. The van der Waals surface area contributed by atoms with Crippen molar-refractivity contribution in [1.29, 1.82) is 0 Å². The first kappa shape index (κ1) is 7.98. The van der Waals surface area contributed by atoms with Gasteiger partial charge in [0.15, 0.2) is 0 Å². The minimum Gasteiger partial charge on any atom is -0.325 e. The lowest BCUT2D eigenvalue weighted by Gasteiger charge is -2.15. The summed E-state index contributed by atoms with van der Waals surface area (Å²) in [6, 6.07) is 0.826. The summed E-state index contributed by atoms with van der Waals surface area (Å²) in [7, 11) is 0. The van der Waals surface area contributed by atoms with E-state index in [0.29, 0.717) is 12.2 Å². The Morgan fingerprint density at radius 3 is 2.70 bits per heavy atom. The topological polar surface area (TPSA) is 50.1 Å². The highest BCUT2D eigenvalue weighted by Gasteiger charge is 2.23. The van der Waals surface area contributed by atoms with Crippen molar-refractivity contribution in [2.45, 2.75) is 38.5 Å². The molecule has 0 aliphatic carbocycles. The molecule has 1 fully saturated rings. The Kier molecular flexibility index (Phi) is 2.65. The van der Waals surface area contributed by atoms with Gasteiger partial charge < -0.3 is 5.73 Å². The molecule has 4 N–H and O–H groups in total. The smallest absolute Gasteiger partial charge is 0.0728 e. The minimum atomic E-state index is 0.205. The fraction of sp³-hybridized carbons (Fsp3) is 1.00. The van der Waals surface area contributed by atoms with Crippen molar-refractivity contribution in [3.8, 4) is 0 Å². The van der Waals surface area contributed by atoms with Crippen LogP contribution in [-0.2, 0) is 0 Å². The second-order valence-electron chi connectivity index (χ2n) is 3.02. The van der Waals surface area contributed by atoms with Gasteiger partial charge in [-0.2, -0.15) is 0 Å². The molecule has 3 heteroatoms. The van der Waals surface area contributed by atoms with Gasteiger partial charge in [-0.05, 0) is 13.3 Å². The van der Waals surface area contributed by atoms with Crippen LogP contribution in [0.25, 0.3) is 0 Å². The van der Waals surface area contributed by atoms with Gasteiger partial charge in [0.05, 0.1) is 6.17 Å². The van der Waals surface area contributed by atoms with Crippen LogP contribution in [0.15, 0.2) is 0 Å². The molecule has 0 aromatic carbocycles. The highest BCUT2D eigenvalue weighted by Crippen LogP contribution is 2.00. The normalized spacial score (nSPS) is 36.3. The average Bonchev–Trinajstić information content (AvgIpc) is 2.34. The first-order valence-electron chi connectivity index (χ1n) is 3.99. The van der Waals surface area contributed by atoms with Gasteiger partial charge in [0.1, 0.15) is 0 Å². The Morgan fingerprint density at radius 2 is 2.40 bits per heavy atom. The van der Waals surface area contributed by atoms with Crippen LogP contribution in [0.1, 0.15) is 20.3 Å². The molecule has 10 heavy (non-hydrogen) atoms. The van der Waals surface area contributed by atoms with Crippen molar-refractivity contribution in [1.82, 2.24) is 10.6 Å². The standard InChI is InChI=1S/C7H17N3/c1-3-6-4-9-7(10-6)5(2)8/h5-7,9-10H,3-4,8H2,1-2H3. The van der Waals surface area contributed by atoms with Crippen molar-refractivity contribution >= 4 is 0 Å². The van der Waals surface area contributed by atoms with Crippen LogP contribution in [0.3, 0.4) is 0 Å². The van der Waals surface area contributed by atoms with E-state index in [4.69, 9.17) is 5.73 Å². The fourth-order valence-corrected chi connectivity index (χ4v) is 1.24. The van der Waals surface area contributed by atoms with Gasteiger partial charge >= 0.3 is 0 Å². The van der Waals surface area contributed by atoms with Crippen molar-refractivity contribution in [3.63, 3.8) is 0 Å². The summed E-state index contributed by atoms with van der Waals surface area (Å²) in [4.78, 5) is 0. The van der Waals surface area contributed by atoms with E-state index < -0.39 is 0 Å². The number of hydrogen-bond acceptors (Lipinski definition) is 3. The van der Waals surface area contributed by atoms with E-state index in [2.05, 4.69) is 17.6 Å². The van der Waals surface area contributed by atoms with Crippen LogP contribution in [0.5, 0.6) is 0 Å². The Bertz CT molecular complexity index is 103. The lowest BCUT2D eigenvalue weighted by atomic mass is 10.2. The summed E-state index contributed by atoms with van der Waals surface area (Å²) in [6.07, 6.45) is 1.50. The molecular weight excluding hydrogens is 126 g/mol. The maximum atomic E-state index is 5.69. The molecule has 3 nitrogen and oxygen atoms in total. The Balaban J connectivity index is 2.28. The number of rotatable bonds is 2. The lowest BCUT2D eigenvalue weighted by molar-refractivity contribution is 0.450. The molecule has 3 atom stereocenters. The van der Waals surface area contributed by atoms with Gasteiger partial charge in [0.25, 0.3) is 0 Å². The first-order chi connectivity index (χ1) is 4.74. The zero-order valence-electron chi connectivity index (χ0n) is 6.72. The Labute approximate surface area is 62.4 Å². The molecule has 0 spiro atoms. The van der Waals surface area contributed by atoms with Crippen LogP contribution in [0.4, 0.5) is 0 Å². The molecule has 0 aromatic heterocycles. The largest absolute Gasteiger partial charge is 0.325 e. The highest BCUT2D eigenvalue weighted by atomic mass is 15.2. The quantitative estimate of drug-likeness (QED) is 0.494. The van der Waals surface area contributed by atoms with Crippen LogP contribution in [0.2, 0.25) is 0 Å². The van der Waals surface area contributed by atoms with Gasteiger partial charge in [-0.15, -0.1) is 0 Å². The van der Waals surface area contributed by atoms with Crippen LogP contribution >= 0.6 is 0 Å². The minimum absolute atomic E-state index is 0.205. The van der Waals surface area contributed by atoms with E-state index >= 15 is 0 Å². The summed E-state index contributed by atoms with van der Waals surface area (Å²) >= 11 is 0.